The second kappa shape index (κ2) is 6.38. The molecule has 24 heavy (non-hydrogen) atoms. The highest BCUT2D eigenvalue weighted by Gasteiger charge is 2.44. The van der Waals surface area contributed by atoms with Gasteiger partial charge in [0.2, 0.25) is 5.82 Å². The SMILES string of the molecule is C#C[C@@](O)([C@@H](CO)OC)[C@@H](O)n1cnc2c(N)nc(C(N)=O)nc21. The molecule has 2 heterocycles. The van der Waals surface area contributed by atoms with Crippen molar-refractivity contribution in [3.63, 3.8) is 0 Å². The number of fused-ring (bicyclic) bond motifs is 1. The maximum Gasteiger partial charge on any atom is 0.286 e. The molecule has 0 saturated carbocycles. The predicted octanol–water partition coefficient (Wildman–Crippen LogP) is -2.63. The number of amides is 1. The van der Waals surface area contributed by atoms with Crippen LogP contribution < -0.4 is 11.5 Å². The Balaban J connectivity index is 2.63. The number of anilines is 1. The van der Waals surface area contributed by atoms with E-state index >= 15 is 0 Å². The number of nitrogen functional groups attached to an aromatic ring is 1. The molecule has 0 aliphatic carbocycles. The van der Waals surface area contributed by atoms with Crippen LogP contribution in [0.3, 0.4) is 0 Å². The van der Waals surface area contributed by atoms with Crippen molar-refractivity contribution in [1.29, 1.82) is 0 Å². The average molecular weight is 336 g/mol. The first kappa shape index (κ1) is 17.6. The van der Waals surface area contributed by atoms with Gasteiger partial charge >= 0.3 is 0 Å². The van der Waals surface area contributed by atoms with Crippen molar-refractivity contribution in [1.82, 2.24) is 19.5 Å². The van der Waals surface area contributed by atoms with Gasteiger partial charge in [-0.2, -0.15) is 0 Å². The number of nitrogens with zero attached hydrogens (tertiary/aromatic N) is 4. The third-order valence-corrected chi connectivity index (χ3v) is 3.50. The lowest BCUT2D eigenvalue weighted by Crippen LogP contribution is -2.51. The predicted molar refractivity (Wildman–Crippen MR) is 81.2 cm³/mol. The monoisotopic (exact) mass is 336 g/mol. The zero-order valence-corrected chi connectivity index (χ0v) is 12.6. The van der Waals surface area contributed by atoms with Crippen molar-refractivity contribution in [3.8, 4) is 12.3 Å². The fraction of sp³-hybridized carbons (Fsp3) is 0.385. The smallest absolute Gasteiger partial charge is 0.286 e. The molecule has 0 aliphatic rings. The molecule has 3 atom stereocenters. The number of aliphatic hydroxyl groups excluding tert-OH is 2. The quantitative estimate of drug-likeness (QED) is 0.352. The van der Waals surface area contributed by atoms with Gasteiger partial charge in [-0.15, -0.1) is 6.42 Å². The minimum atomic E-state index is -2.32. The van der Waals surface area contributed by atoms with Crippen molar-refractivity contribution >= 4 is 22.9 Å². The van der Waals surface area contributed by atoms with E-state index in [9.17, 15) is 20.1 Å². The van der Waals surface area contributed by atoms with Gasteiger partial charge in [-0.05, 0) is 0 Å². The number of terminal acetylenes is 1. The first-order valence-electron chi connectivity index (χ1n) is 6.61. The van der Waals surface area contributed by atoms with Gasteiger partial charge in [-0.3, -0.25) is 9.36 Å². The normalized spacial score (nSPS) is 16.3. The van der Waals surface area contributed by atoms with E-state index in [4.69, 9.17) is 22.6 Å². The molecule has 7 N–H and O–H groups in total. The zero-order valence-electron chi connectivity index (χ0n) is 12.6. The number of aliphatic hydroxyl groups is 3. The lowest BCUT2D eigenvalue weighted by atomic mass is 9.95. The molecule has 11 heteroatoms. The first-order chi connectivity index (χ1) is 11.3. The topological polar surface area (TPSA) is 183 Å². The van der Waals surface area contributed by atoms with Crippen LogP contribution in [0.25, 0.3) is 11.2 Å². The average Bonchev–Trinajstić information content (AvgIpc) is 2.99. The lowest BCUT2D eigenvalue weighted by Gasteiger charge is -2.34. The molecule has 2 aromatic heterocycles. The number of primary amides is 1. The van der Waals surface area contributed by atoms with E-state index in [0.29, 0.717) is 0 Å². The van der Waals surface area contributed by atoms with Gasteiger partial charge in [0.05, 0.1) is 12.9 Å². The summed E-state index contributed by atoms with van der Waals surface area (Å²) < 4.78 is 5.88. The Morgan fingerprint density at radius 1 is 1.58 bits per heavy atom. The highest BCUT2D eigenvalue weighted by atomic mass is 16.5. The minimum Gasteiger partial charge on any atom is -0.394 e. The van der Waals surface area contributed by atoms with E-state index in [1.54, 1.807) is 0 Å². The molecule has 0 bridgehead atoms. The molecule has 0 unspecified atom stereocenters. The number of rotatable bonds is 6. The number of imidazole rings is 1. The third kappa shape index (κ3) is 2.63. The van der Waals surface area contributed by atoms with E-state index in [1.807, 2.05) is 5.92 Å². The maximum atomic E-state index is 11.3. The van der Waals surface area contributed by atoms with Crippen molar-refractivity contribution in [3.05, 3.63) is 12.2 Å². The zero-order chi connectivity index (χ0) is 18.1. The summed E-state index contributed by atoms with van der Waals surface area (Å²) in [7, 11) is 1.20. The van der Waals surface area contributed by atoms with Crippen LogP contribution in [-0.2, 0) is 4.74 Å². The van der Waals surface area contributed by atoms with Gasteiger partial charge < -0.3 is 31.5 Å². The summed E-state index contributed by atoms with van der Waals surface area (Å²) >= 11 is 0. The molecule has 11 nitrogen and oxygen atoms in total. The number of methoxy groups -OCH3 is 1. The molecule has 0 aliphatic heterocycles. The Bertz CT molecular complexity index is 811. The van der Waals surface area contributed by atoms with E-state index in [1.165, 1.54) is 7.11 Å². The molecule has 1 amide bonds. The van der Waals surface area contributed by atoms with Gasteiger partial charge in [0, 0.05) is 7.11 Å². The van der Waals surface area contributed by atoms with Gasteiger partial charge in [-0.25, -0.2) is 15.0 Å². The second-order valence-corrected chi connectivity index (χ2v) is 4.87. The van der Waals surface area contributed by atoms with Crippen LogP contribution in [-0.4, -0.2) is 66.2 Å². The minimum absolute atomic E-state index is 0.0661. The molecule has 0 spiro atoms. The van der Waals surface area contributed by atoms with Crippen molar-refractivity contribution < 1.29 is 24.9 Å². The Labute approximate surface area is 135 Å². The summed E-state index contributed by atoms with van der Waals surface area (Å²) in [6.07, 6.45) is 3.28. The Kier molecular flexibility index (Phi) is 4.67. The molecular weight excluding hydrogens is 320 g/mol. The lowest BCUT2D eigenvalue weighted by molar-refractivity contribution is -0.157. The van der Waals surface area contributed by atoms with Crippen LogP contribution in [0.1, 0.15) is 16.8 Å². The van der Waals surface area contributed by atoms with Crippen LogP contribution in [0, 0.1) is 12.3 Å². The summed E-state index contributed by atoms with van der Waals surface area (Å²) in [5.74, 6) is 0.506. The first-order valence-corrected chi connectivity index (χ1v) is 6.61. The van der Waals surface area contributed by atoms with Crippen molar-refractivity contribution in [2.45, 2.75) is 17.9 Å². The Morgan fingerprint density at radius 2 is 2.25 bits per heavy atom. The number of aromatic nitrogens is 4. The van der Waals surface area contributed by atoms with Crippen molar-refractivity contribution in [2.75, 3.05) is 19.5 Å². The molecule has 0 aromatic carbocycles. The summed E-state index contributed by atoms with van der Waals surface area (Å²) in [4.78, 5) is 22.7. The summed E-state index contributed by atoms with van der Waals surface area (Å²) in [5, 5.41) is 30.3. The molecular formula is C13H16N6O5. The van der Waals surface area contributed by atoms with E-state index in [0.717, 1.165) is 10.9 Å². The van der Waals surface area contributed by atoms with Gasteiger partial charge in [0.15, 0.2) is 23.3 Å². The standard InChI is InChI=1S/C13H16N6O5/c1-3-13(23,6(4-20)24-2)12(22)19-5-16-7-8(14)17-10(9(15)21)18-11(7)19/h1,5-6,12,20,22-23H,4H2,2H3,(H2,15,21)(H2,14,17,18)/t6-,12-,13-/m1/s1. The van der Waals surface area contributed by atoms with Crippen molar-refractivity contribution in [2.24, 2.45) is 5.73 Å². The molecule has 0 radical (unpaired) electrons. The van der Waals surface area contributed by atoms with E-state index in [2.05, 4.69) is 15.0 Å². The number of hydrogen-bond acceptors (Lipinski definition) is 9. The van der Waals surface area contributed by atoms with Gasteiger partial charge in [0.1, 0.15) is 11.6 Å². The molecule has 2 aromatic rings. The molecule has 0 saturated heterocycles. The molecule has 128 valence electrons. The summed E-state index contributed by atoms with van der Waals surface area (Å²) in [5.41, 5.74) is 8.48. The fourth-order valence-electron chi connectivity index (χ4n) is 2.17. The Morgan fingerprint density at radius 3 is 2.75 bits per heavy atom. The number of ether oxygens (including phenoxy) is 1. The van der Waals surface area contributed by atoms with Crippen LogP contribution in [0.15, 0.2) is 6.33 Å². The summed E-state index contributed by atoms with van der Waals surface area (Å²) in [6.45, 7) is -0.662. The maximum absolute atomic E-state index is 11.3. The largest absolute Gasteiger partial charge is 0.394 e. The van der Waals surface area contributed by atoms with E-state index < -0.39 is 36.3 Å². The van der Waals surface area contributed by atoms with Crippen LogP contribution >= 0.6 is 0 Å². The third-order valence-electron chi connectivity index (χ3n) is 3.50. The highest BCUT2D eigenvalue weighted by Crippen LogP contribution is 2.29. The summed E-state index contributed by atoms with van der Waals surface area (Å²) in [6, 6.07) is 0. The van der Waals surface area contributed by atoms with E-state index in [-0.39, 0.29) is 17.0 Å². The second-order valence-electron chi connectivity index (χ2n) is 4.87. The molecule has 0 fully saturated rings. The number of hydrogen-bond donors (Lipinski definition) is 5. The Hall–Kier alpha value is -2.78. The number of carbonyl (C=O) groups excluding carboxylic acids is 1. The highest BCUT2D eigenvalue weighted by molar-refractivity contribution is 5.93. The van der Waals surface area contributed by atoms with Crippen LogP contribution in [0.5, 0.6) is 0 Å². The number of carbonyl (C=O) groups is 1. The van der Waals surface area contributed by atoms with Gasteiger partial charge in [-0.1, -0.05) is 5.92 Å². The van der Waals surface area contributed by atoms with Crippen LogP contribution in [0.4, 0.5) is 5.82 Å². The van der Waals surface area contributed by atoms with Gasteiger partial charge in [0.25, 0.3) is 5.91 Å². The molecule has 2 rings (SSSR count). The number of nitrogens with two attached hydrogens (primary N) is 2. The fourth-order valence-corrected chi connectivity index (χ4v) is 2.17. The van der Waals surface area contributed by atoms with Crippen LogP contribution in [0.2, 0.25) is 0 Å².